The molecular weight excluding hydrogens is 568 g/mol. The number of hydrogen-bond acceptors (Lipinski definition) is 9. The van der Waals surface area contributed by atoms with Gasteiger partial charge < -0.3 is 19.1 Å². The minimum absolute atomic E-state index is 0.0896. The van der Waals surface area contributed by atoms with Crippen molar-refractivity contribution in [1.82, 2.24) is 14.6 Å². The van der Waals surface area contributed by atoms with E-state index in [9.17, 15) is 24.1 Å². The van der Waals surface area contributed by atoms with Crippen LogP contribution in [-0.4, -0.2) is 57.8 Å². The predicted octanol–water partition coefficient (Wildman–Crippen LogP) is 2.03. The first-order valence-electron chi connectivity index (χ1n) is 10.8. The molecule has 0 bridgehead atoms. The summed E-state index contributed by atoms with van der Waals surface area (Å²) in [6.07, 6.45) is -3.80. The van der Waals surface area contributed by atoms with E-state index >= 15 is 4.39 Å². The van der Waals surface area contributed by atoms with Gasteiger partial charge in [0, 0.05) is 16.7 Å². The molecule has 0 aliphatic carbocycles. The van der Waals surface area contributed by atoms with Gasteiger partial charge in [-0.1, -0.05) is 15.9 Å². The number of aliphatic hydroxyl groups excluding tert-OH is 1. The highest BCUT2D eigenvalue weighted by Gasteiger charge is 2.55. The third-order valence-electron chi connectivity index (χ3n) is 5.26. The summed E-state index contributed by atoms with van der Waals surface area (Å²) in [7, 11) is -4.31. The monoisotopic (exact) mass is 593 g/mol. The van der Waals surface area contributed by atoms with Gasteiger partial charge in [-0.3, -0.25) is 23.7 Å². The lowest BCUT2D eigenvalue weighted by Crippen LogP contribution is -2.43. The van der Waals surface area contributed by atoms with Gasteiger partial charge in [-0.25, -0.2) is 13.8 Å². The number of aromatic amines is 1. The normalized spacial score (nSPS) is 26.2. The van der Waals surface area contributed by atoms with Crippen molar-refractivity contribution < 1.29 is 37.4 Å². The molecule has 0 amide bonds. The number of hydrogen-bond donors (Lipinski definition) is 3. The SMILES string of the molecule is CCOC(=O)[C@H](C)NP(=O)(OC[C@H]1O[C@@H](n2ccc(=O)[nH]c2=O)[C@](C)(F)[C@@H]1O)Oc1ccc(Br)cc1. The molecule has 1 unspecified atom stereocenters. The Kier molecular flexibility index (Phi) is 8.91. The zero-order chi connectivity index (χ0) is 26.7. The Hall–Kier alpha value is -2.35. The number of rotatable bonds is 10. The van der Waals surface area contributed by atoms with Crippen LogP contribution in [-0.2, 0) is 23.4 Å². The van der Waals surface area contributed by atoms with Crippen molar-refractivity contribution in [3.63, 3.8) is 0 Å². The average molecular weight is 594 g/mol. The second-order valence-corrected chi connectivity index (χ2v) is 10.7. The summed E-state index contributed by atoms with van der Waals surface area (Å²) in [6, 6.07) is 6.13. The van der Waals surface area contributed by atoms with Gasteiger partial charge in [-0.2, -0.15) is 5.09 Å². The number of ether oxygens (including phenoxy) is 2. The van der Waals surface area contributed by atoms with Gasteiger partial charge in [0.1, 0.15) is 24.0 Å². The Morgan fingerprint density at radius 2 is 2.03 bits per heavy atom. The van der Waals surface area contributed by atoms with Gasteiger partial charge in [0.05, 0.1) is 13.2 Å². The Bertz CT molecular complexity index is 1240. The smallest absolute Gasteiger partial charge is 0.459 e. The average Bonchev–Trinajstić information content (AvgIpc) is 3.03. The van der Waals surface area contributed by atoms with Crippen LogP contribution in [0.15, 0.2) is 50.6 Å². The fourth-order valence-electron chi connectivity index (χ4n) is 3.42. The van der Waals surface area contributed by atoms with Crippen LogP contribution in [0.5, 0.6) is 5.75 Å². The number of carbonyl (C=O) groups is 1. The maximum atomic E-state index is 15.4. The third kappa shape index (κ3) is 6.50. The van der Waals surface area contributed by atoms with Crippen molar-refractivity contribution in [1.29, 1.82) is 0 Å². The van der Waals surface area contributed by atoms with Crippen molar-refractivity contribution in [2.45, 2.75) is 50.9 Å². The number of nitrogens with one attached hydrogen (secondary N) is 2. The highest BCUT2D eigenvalue weighted by molar-refractivity contribution is 9.10. The first-order valence-corrected chi connectivity index (χ1v) is 13.2. The summed E-state index contributed by atoms with van der Waals surface area (Å²) >= 11 is 3.27. The van der Waals surface area contributed by atoms with E-state index < -0.39 is 61.7 Å². The molecule has 15 heteroatoms. The van der Waals surface area contributed by atoms with Crippen molar-refractivity contribution in [2.24, 2.45) is 0 Å². The highest BCUT2D eigenvalue weighted by atomic mass is 79.9. The van der Waals surface area contributed by atoms with Crippen molar-refractivity contribution >= 4 is 29.6 Å². The van der Waals surface area contributed by atoms with E-state index in [0.29, 0.717) is 0 Å². The summed E-state index contributed by atoms with van der Waals surface area (Å²) in [6.45, 7) is 3.45. The topological polar surface area (TPSA) is 158 Å². The molecule has 1 aromatic carbocycles. The molecule has 198 valence electrons. The number of H-pyrrole nitrogens is 1. The fraction of sp³-hybridized carbons (Fsp3) is 0.476. The van der Waals surface area contributed by atoms with Crippen LogP contribution in [0.3, 0.4) is 0 Å². The highest BCUT2D eigenvalue weighted by Crippen LogP contribution is 2.47. The molecule has 1 saturated heterocycles. The van der Waals surface area contributed by atoms with E-state index in [2.05, 4.69) is 21.0 Å². The van der Waals surface area contributed by atoms with E-state index in [1.54, 1.807) is 19.1 Å². The van der Waals surface area contributed by atoms with E-state index in [1.165, 1.54) is 19.1 Å². The molecule has 3 rings (SSSR count). The minimum Gasteiger partial charge on any atom is -0.465 e. The zero-order valence-corrected chi connectivity index (χ0v) is 22.0. The summed E-state index contributed by atoms with van der Waals surface area (Å²) in [5.74, 6) is -0.585. The molecule has 12 nitrogen and oxygen atoms in total. The number of aromatic nitrogens is 2. The number of carbonyl (C=O) groups excluding carboxylic acids is 1. The molecule has 2 aromatic rings. The number of alkyl halides is 1. The fourth-order valence-corrected chi connectivity index (χ4v) is 5.18. The van der Waals surface area contributed by atoms with Gasteiger partial charge in [0.2, 0.25) is 0 Å². The Morgan fingerprint density at radius 3 is 2.64 bits per heavy atom. The summed E-state index contributed by atoms with van der Waals surface area (Å²) in [5.41, 5.74) is -4.12. The van der Waals surface area contributed by atoms with Gasteiger partial charge in [-0.15, -0.1) is 0 Å². The molecule has 0 spiro atoms. The second kappa shape index (κ2) is 11.4. The molecule has 1 aliphatic rings. The maximum absolute atomic E-state index is 15.4. The molecule has 0 radical (unpaired) electrons. The van der Waals surface area contributed by atoms with Crippen LogP contribution in [0.4, 0.5) is 4.39 Å². The number of nitrogens with zero attached hydrogens (tertiary/aromatic N) is 1. The Balaban J connectivity index is 1.81. The van der Waals surface area contributed by atoms with E-state index in [1.807, 2.05) is 4.98 Å². The van der Waals surface area contributed by atoms with Gasteiger partial charge in [0.15, 0.2) is 11.9 Å². The van der Waals surface area contributed by atoms with Gasteiger partial charge in [0.25, 0.3) is 5.56 Å². The van der Waals surface area contributed by atoms with E-state index in [-0.39, 0.29) is 12.4 Å². The summed E-state index contributed by atoms with van der Waals surface area (Å²) < 4.78 is 51.9. The van der Waals surface area contributed by atoms with Crippen LogP contribution in [0.1, 0.15) is 27.0 Å². The second-order valence-electron chi connectivity index (χ2n) is 8.08. The lowest BCUT2D eigenvalue weighted by Gasteiger charge is -2.25. The third-order valence-corrected chi connectivity index (χ3v) is 7.43. The van der Waals surface area contributed by atoms with Gasteiger partial charge >= 0.3 is 19.4 Å². The lowest BCUT2D eigenvalue weighted by atomic mass is 9.98. The molecule has 0 saturated carbocycles. The minimum atomic E-state index is -4.31. The number of halogens is 2. The van der Waals surface area contributed by atoms with Crippen LogP contribution < -0.4 is 20.9 Å². The van der Waals surface area contributed by atoms with Crippen LogP contribution >= 0.6 is 23.7 Å². The number of benzene rings is 1. The Labute approximate surface area is 213 Å². The first kappa shape index (κ1) is 28.2. The standard InChI is InChI=1S/C21H26BrFN3O9P/c1-4-32-18(29)12(2)25-36(31,35-14-7-5-13(22)6-8-14)33-11-15-17(28)21(3,23)19(34-15)26-10-9-16(27)24-20(26)30/h5-10,12,15,17,19,28H,4,11H2,1-3H3,(H,25,31)(H,24,27,30)/t12-,15+,17+,19+,21+,36?/m0/s1. The van der Waals surface area contributed by atoms with Crippen molar-refractivity contribution in [3.8, 4) is 5.75 Å². The first-order chi connectivity index (χ1) is 16.9. The number of aliphatic hydroxyl groups is 1. The zero-order valence-electron chi connectivity index (χ0n) is 19.6. The molecule has 1 aromatic heterocycles. The van der Waals surface area contributed by atoms with Gasteiger partial charge in [-0.05, 0) is 45.0 Å². The lowest BCUT2D eigenvalue weighted by molar-refractivity contribution is -0.144. The Morgan fingerprint density at radius 1 is 1.36 bits per heavy atom. The van der Waals surface area contributed by atoms with Crippen LogP contribution in [0.2, 0.25) is 0 Å². The molecule has 2 heterocycles. The van der Waals surface area contributed by atoms with Crippen molar-refractivity contribution in [3.05, 3.63) is 61.8 Å². The summed E-state index contributed by atoms with van der Waals surface area (Å²) in [5, 5.41) is 13.0. The quantitative estimate of drug-likeness (QED) is 0.275. The van der Waals surface area contributed by atoms with E-state index in [4.69, 9.17) is 18.5 Å². The summed E-state index contributed by atoms with van der Waals surface area (Å²) in [4.78, 5) is 37.5. The van der Waals surface area contributed by atoms with E-state index in [0.717, 1.165) is 28.2 Å². The molecule has 36 heavy (non-hydrogen) atoms. The molecule has 1 aliphatic heterocycles. The predicted molar refractivity (Wildman–Crippen MR) is 128 cm³/mol. The molecule has 1 fully saturated rings. The maximum Gasteiger partial charge on any atom is 0.459 e. The molecular formula is C21H26BrFN3O9P. The van der Waals surface area contributed by atoms with Crippen LogP contribution in [0.25, 0.3) is 0 Å². The largest absolute Gasteiger partial charge is 0.465 e. The molecule has 3 N–H and O–H groups in total. The number of esters is 1. The van der Waals surface area contributed by atoms with Crippen LogP contribution in [0, 0.1) is 0 Å². The molecule has 6 atom stereocenters. The van der Waals surface area contributed by atoms with Crippen molar-refractivity contribution in [2.75, 3.05) is 13.2 Å².